The Bertz CT molecular complexity index is 1170. The molecule has 2 heterocycles. The van der Waals surface area contributed by atoms with Gasteiger partial charge in [0.2, 0.25) is 11.3 Å². The van der Waals surface area contributed by atoms with E-state index in [4.69, 9.17) is 5.11 Å². The van der Waals surface area contributed by atoms with Crippen molar-refractivity contribution in [2.24, 2.45) is 0 Å². The van der Waals surface area contributed by atoms with Gasteiger partial charge in [-0.25, -0.2) is 9.18 Å². The SMILES string of the molecule is COC(=O)CCC(=O)N1CCN(c2cc3c(cc2F)c(=O)c(OC(=O)O)cn3C2CC2)CC1. The topological polar surface area (TPSA) is 118 Å². The molecule has 1 aromatic carbocycles. The molecule has 1 aliphatic carbocycles. The van der Waals surface area contributed by atoms with E-state index in [1.54, 1.807) is 15.5 Å². The van der Waals surface area contributed by atoms with Crippen molar-refractivity contribution in [1.29, 1.82) is 0 Å². The van der Waals surface area contributed by atoms with E-state index in [0.29, 0.717) is 37.4 Å². The van der Waals surface area contributed by atoms with Gasteiger partial charge in [0.05, 0.1) is 36.3 Å². The summed E-state index contributed by atoms with van der Waals surface area (Å²) in [5.74, 6) is -1.57. The Morgan fingerprint density at radius 2 is 1.82 bits per heavy atom. The monoisotopic (exact) mass is 461 g/mol. The molecule has 0 spiro atoms. The van der Waals surface area contributed by atoms with E-state index in [1.807, 2.05) is 4.90 Å². The normalized spacial score (nSPS) is 16.1. The minimum Gasteiger partial charge on any atom is -0.469 e. The lowest BCUT2D eigenvalue weighted by Crippen LogP contribution is -2.49. The molecular formula is C22H24FN3O7. The van der Waals surface area contributed by atoms with Crippen LogP contribution in [-0.2, 0) is 14.3 Å². The van der Waals surface area contributed by atoms with Gasteiger partial charge in [-0.05, 0) is 25.0 Å². The molecule has 0 radical (unpaired) electrons. The standard InChI is InChI=1S/C22H24FN3O7/c1-32-20(28)5-4-19(27)25-8-6-24(7-9-25)17-11-16-14(10-15(17)23)21(29)18(33-22(30)31)12-26(16)13-2-3-13/h10-13H,2-9H2,1H3,(H,30,31). The predicted octanol–water partition coefficient (Wildman–Crippen LogP) is 2.13. The number of benzene rings is 1. The van der Waals surface area contributed by atoms with Crippen LogP contribution in [0.5, 0.6) is 5.75 Å². The molecular weight excluding hydrogens is 437 g/mol. The van der Waals surface area contributed by atoms with Crippen molar-refractivity contribution < 1.29 is 33.4 Å². The number of pyridine rings is 1. The minimum absolute atomic E-state index is 0.0150. The number of carbonyl (C=O) groups excluding carboxylic acids is 2. The molecule has 0 bridgehead atoms. The second kappa shape index (κ2) is 9.08. The average molecular weight is 461 g/mol. The van der Waals surface area contributed by atoms with Gasteiger partial charge in [-0.15, -0.1) is 0 Å². The molecule has 0 atom stereocenters. The van der Waals surface area contributed by atoms with Gasteiger partial charge in [-0.3, -0.25) is 14.4 Å². The summed E-state index contributed by atoms with van der Waals surface area (Å²) in [5.41, 5.74) is 0.133. The van der Waals surface area contributed by atoms with Gasteiger partial charge < -0.3 is 28.9 Å². The van der Waals surface area contributed by atoms with Gasteiger partial charge in [0, 0.05) is 38.6 Å². The van der Waals surface area contributed by atoms with Crippen LogP contribution in [0.1, 0.15) is 31.7 Å². The van der Waals surface area contributed by atoms with Crippen LogP contribution < -0.4 is 15.1 Å². The zero-order valence-corrected chi connectivity index (χ0v) is 18.1. The number of hydrogen-bond acceptors (Lipinski definition) is 7. The van der Waals surface area contributed by atoms with E-state index in [0.717, 1.165) is 18.9 Å². The largest absolute Gasteiger partial charge is 0.511 e. The number of rotatable bonds is 6. The van der Waals surface area contributed by atoms with Crippen molar-refractivity contribution in [3.8, 4) is 5.75 Å². The van der Waals surface area contributed by atoms with Crippen molar-refractivity contribution in [2.75, 3.05) is 38.2 Å². The Morgan fingerprint density at radius 3 is 2.42 bits per heavy atom. The summed E-state index contributed by atoms with van der Waals surface area (Å²) in [6.07, 6.45) is 1.57. The molecule has 1 saturated carbocycles. The van der Waals surface area contributed by atoms with Crippen LogP contribution in [0.4, 0.5) is 14.9 Å². The first-order valence-corrected chi connectivity index (χ1v) is 10.7. The van der Waals surface area contributed by atoms with E-state index in [1.165, 1.54) is 13.3 Å². The molecule has 176 valence electrons. The van der Waals surface area contributed by atoms with Crippen molar-refractivity contribution >= 4 is 34.6 Å². The fraction of sp³-hybridized carbons (Fsp3) is 0.455. The third kappa shape index (κ3) is 4.76. The number of hydrogen-bond donors (Lipinski definition) is 1. The zero-order chi connectivity index (χ0) is 23.7. The fourth-order valence-electron chi connectivity index (χ4n) is 4.06. The number of carboxylic acid groups (broad SMARTS) is 1. The van der Waals surface area contributed by atoms with Crippen LogP contribution >= 0.6 is 0 Å². The minimum atomic E-state index is -1.61. The lowest BCUT2D eigenvalue weighted by Gasteiger charge is -2.36. The van der Waals surface area contributed by atoms with Crippen LogP contribution in [0, 0.1) is 5.82 Å². The maximum Gasteiger partial charge on any atom is 0.511 e. The van der Waals surface area contributed by atoms with Gasteiger partial charge in [0.1, 0.15) is 5.82 Å². The van der Waals surface area contributed by atoms with Crippen LogP contribution in [0.25, 0.3) is 10.9 Å². The molecule has 1 N–H and O–H groups in total. The predicted molar refractivity (Wildman–Crippen MR) is 115 cm³/mol. The summed E-state index contributed by atoms with van der Waals surface area (Å²) in [4.78, 5) is 50.6. The molecule has 1 aliphatic heterocycles. The summed E-state index contributed by atoms with van der Waals surface area (Å²) in [5, 5.41) is 8.96. The number of piperazine rings is 1. The first-order chi connectivity index (χ1) is 15.8. The summed E-state index contributed by atoms with van der Waals surface area (Å²) in [7, 11) is 1.27. The first-order valence-electron chi connectivity index (χ1n) is 10.7. The van der Waals surface area contributed by atoms with E-state index in [2.05, 4.69) is 9.47 Å². The molecule has 11 heteroatoms. The lowest BCUT2D eigenvalue weighted by molar-refractivity contribution is -0.143. The fourth-order valence-corrected chi connectivity index (χ4v) is 4.06. The van der Waals surface area contributed by atoms with Crippen molar-refractivity contribution in [3.05, 3.63) is 34.4 Å². The summed E-state index contributed by atoms with van der Waals surface area (Å²) in [6.45, 7) is 1.52. The number of fused-ring (bicyclic) bond motifs is 1. The van der Waals surface area contributed by atoms with Crippen LogP contribution in [0.15, 0.2) is 23.1 Å². The second-order valence-electron chi connectivity index (χ2n) is 8.09. The average Bonchev–Trinajstić information content (AvgIpc) is 3.64. The highest BCUT2D eigenvalue weighted by Gasteiger charge is 2.29. The van der Waals surface area contributed by atoms with Gasteiger partial charge in [0.25, 0.3) is 0 Å². The molecule has 33 heavy (non-hydrogen) atoms. The number of carbonyl (C=O) groups is 3. The van der Waals surface area contributed by atoms with Gasteiger partial charge in [-0.1, -0.05) is 0 Å². The highest BCUT2D eigenvalue weighted by molar-refractivity contribution is 5.85. The number of anilines is 1. The molecule has 1 aromatic heterocycles. The van der Waals surface area contributed by atoms with E-state index >= 15 is 4.39 Å². The maximum atomic E-state index is 15.1. The zero-order valence-electron chi connectivity index (χ0n) is 18.1. The third-order valence-corrected chi connectivity index (χ3v) is 5.95. The molecule has 1 saturated heterocycles. The molecule has 10 nitrogen and oxygen atoms in total. The molecule has 2 aliphatic rings. The van der Waals surface area contributed by atoms with E-state index in [-0.39, 0.29) is 35.9 Å². The smallest absolute Gasteiger partial charge is 0.469 e. The van der Waals surface area contributed by atoms with Gasteiger partial charge in [0.15, 0.2) is 5.75 Å². The van der Waals surface area contributed by atoms with Gasteiger partial charge in [-0.2, -0.15) is 0 Å². The number of halogens is 1. The highest BCUT2D eigenvalue weighted by atomic mass is 19.1. The Balaban J connectivity index is 1.57. The van der Waals surface area contributed by atoms with Crippen molar-refractivity contribution in [1.82, 2.24) is 9.47 Å². The molecule has 4 rings (SSSR count). The third-order valence-electron chi connectivity index (χ3n) is 5.95. The number of aromatic nitrogens is 1. The van der Waals surface area contributed by atoms with E-state index < -0.39 is 23.4 Å². The summed E-state index contributed by atoms with van der Waals surface area (Å²) in [6, 6.07) is 2.81. The summed E-state index contributed by atoms with van der Waals surface area (Å²) < 4.78 is 26.0. The Hall–Kier alpha value is -3.63. The Morgan fingerprint density at radius 1 is 1.12 bits per heavy atom. The quantitative estimate of drug-likeness (QED) is 0.650. The van der Waals surface area contributed by atoms with Crippen molar-refractivity contribution in [3.63, 3.8) is 0 Å². The van der Waals surface area contributed by atoms with Crippen LogP contribution in [-0.4, -0.2) is 65.9 Å². The first kappa shape index (κ1) is 22.6. The second-order valence-corrected chi connectivity index (χ2v) is 8.09. The van der Waals surface area contributed by atoms with E-state index in [9.17, 15) is 19.2 Å². The van der Waals surface area contributed by atoms with Crippen LogP contribution in [0.2, 0.25) is 0 Å². The molecule has 1 amide bonds. The number of ether oxygens (including phenoxy) is 2. The number of nitrogens with zero attached hydrogens (tertiary/aromatic N) is 3. The summed E-state index contributed by atoms with van der Waals surface area (Å²) >= 11 is 0. The Kier molecular flexibility index (Phi) is 6.21. The van der Waals surface area contributed by atoms with Crippen molar-refractivity contribution in [2.45, 2.75) is 31.7 Å². The number of amides is 1. The Labute approximate surface area is 188 Å². The maximum absolute atomic E-state index is 15.1. The van der Waals surface area contributed by atoms with Gasteiger partial charge >= 0.3 is 12.1 Å². The molecule has 2 fully saturated rings. The molecule has 0 unspecified atom stereocenters. The number of methoxy groups -OCH3 is 1. The molecule has 2 aromatic rings. The van der Waals surface area contributed by atoms with Crippen LogP contribution in [0.3, 0.4) is 0 Å². The lowest BCUT2D eigenvalue weighted by atomic mass is 10.1. The number of esters is 1. The highest BCUT2D eigenvalue weighted by Crippen LogP contribution is 2.39.